The number of nitrogens with zero attached hydrogens (tertiary/aromatic N) is 4. The van der Waals surface area contributed by atoms with Gasteiger partial charge in [0.1, 0.15) is 5.56 Å². The summed E-state index contributed by atoms with van der Waals surface area (Å²) in [6.45, 7) is 3.48. The van der Waals surface area contributed by atoms with Crippen molar-refractivity contribution in [2.45, 2.75) is 37.9 Å². The van der Waals surface area contributed by atoms with E-state index in [4.69, 9.17) is 11.6 Å². The van der Waals surface area contributed by atoms with Crippen molar-refractivity contribution in [2.24, 2.45) is 5.92 Å². The van der Waals surface area contributed by atoms with E-state index in [9.17, 15) is 28.1 Å². The Bertz CT molecular complexity index is 1130. The molecule has 2 aliphatic rings. The SMILES string of the molecule is CN(CC1CCN(c2ccc(Cl)cc2)CC1)C(=O)N1CCC(Nc2ccc([N+](=O)[O-])c(C(F)(F)F)c2)CC1. The molecule has 2 fully saturated rings. The van der Waals surface area contributed by atoms with Crippen LogP contribution in [0.3, 0.4) is 0 Å². The van der Waals surface area contributed by atoms with Crippen molar-refractivity contribution >= 4 is 34.7 Å². The number of alkyl halides is 3. The van der Waals surface area contributed by atoms with Crippen LogP contribution >= 0.6 is 11.6 Å². The third-order valence-corrected chi connectivity index (χ3v) is 7.55. The van der Waals surface area contributed by atoms with Gasteiger partial charge in [0.05, 0.1) is 4.92 Å². The first kappa shape index (κ1) is 27.8. The number of nitro groups is 1. The maximum absolute atomic E-state index is 13.3. The fourth-order valence-electron chi connectivity index (χ4n) is 5.20. The Kier molecular flexibility index (Phi) is 8.54. The van der Waals surface area contributed by atoms with Gasteiger partial charge in [-0.3, -0.25) is 10.1 Å². The monoisotopic (exact) mass is 553 g/mol. The average Bonchev–Trinajstić information content (AvgIpc) is 2.89. The molecule has 2 aromatic rings. The van der Waals surface area contributed by atoms with Crippen LogP contribution in [0.1, 0.15) is 31.2 Å². The number of anilines is 2. The highest BCUT2D eigenvalue weighted by molar-refractivity contribution is 6.30. The Hall–Kier alpha value is -3.21. The van der Waals surface area contributed by atoms with E-state index in [-0.39, 0.29) is 17.8 Å². The number of carbonyl (C=O) groups is 1. The normalized spacial score (nSPS) is 17.4. The molecule has 0 unspecified atom stereocenters. The number of benzene rings is 2. The van der Waals surface area contributed by atoms with Crippen LogP contribution in [0.4, 0.5) is 35.0 Å². The molecular weight excluding hydrogens is 523 g/mol. The van der Waals surface area contributed by atoms with Gasteiger partial charge in [-0.2, -0.15) is 13.2 Å². The van der Waals surface area contributed by atoms with E-state index in [2.05, 4.69) is 10.2 Å². The molecule has 12 heteroatoms. The van der Waals surface area contributed by atoms with Crippen molar-refractivity contribution < 1.29 is 22.9 Å². The first-order chi connectivity index (χ1) is 18.0. The van der Waals surface area contributed by atoms with Gasteiger partial charge in [0.25, 0.3) is 5.69 Å². The number of hydrogen-bond acceptors (Lipinski definition) is 5. The van der Waals surface area contributed by atoms with E-state index in [0.29, 0.717) is 43.4 Å². The van der Waals surface area contributed by atoms with Gasteiger partial charge < -0.3 is 20.0 Å². The molecule has 2 heterocycles. The van der Waals surface area contributed by atoms with E-state index < -0.39 is 22.4 Å². The van der Waals surface area contributed by atoms with Gasteiger partial charge in [0, 0.05) is 68.3 Å². The predicted octanol–water partition coefficient (Wildman–Crippen LogP) is 6.11. The zero-order chi connectivity index (χ0) is 27.4. The topological polar surface area (TPSA) is 82.0 Å². The highest BCUT2D eigenvalue weighted by Gasteiger charge is 2.38. The summed E-state index contributed by atoms with van der Waals surface area (Å²) in [5, 5.41) is 14.7. The molecule has 206 valence electrons. The van der Waals surface area contributed by atoms with Gasteiger partial charge in [0.2, 0.25) is 0 Å². The number of nitro benzene ring substituents is 1. The summed E-state index contributed by atoms with van der Waals surface area (Å²) in [7, 11) is 1.81. The molecule has 2 aromatic carbocycles. The number of urea groups is 1. The lowest BCUT2D eigenvalue weighted by Crippen LogP contribution is -2.49. The lowest BCUT2D eigenvalue weighted by atomic mass is 9.96. The third-order valence-electron chi connectivity index (χ3n) is 7.30. The number of rotatable bonds is 6. The van der Waals surface area contributed by atoms with E-state index >= 15 is 0 Å². The van der Waals surface area contributed by atoms with Crippen LogP contribution in [0.15, 0.2) is 42.5 Å². The number of carbonyl (C=O) groups excluding carboxylic acids is 1. The fourth-order valence-corrected chi connectivity index (χ4v) is 5.32. The molecule has 0 saturated carbocycles. The lowest BCUT2D eigenvalue weighted by Gasteiger charge is -2.38. The first-order valence-electron chi connectivity index (χ1n) is 12.6. The number of amides is 2. The Morgan fingerprint density at radius 3 is 2.29 bits per heavy atom. The minimum absolute atomic E-state index is 0.0433. The summed E-state index contributed by atoms with van der Waals surface area (Å²) in [6.07, 6.45) is -1.72. The summed E-state index contributed by atoms with van der Waals surface area (Å²) >= 11 is 5.98. The van der Waals surface area contributed by atoms with Gasteiger partial charge in [-0.25, -0.2) is 4.79 Å². The van der Waals surface area contributed by atoms with Gasteiger partial charge in [-0.05, 0) is 68.0 Å². The summed E-state index contributed by atoms with van der Waals surface area (Å²) in [5.74, 6) is 0.414. The van der Waals surface area contributed by atoms with Crippen molar-refractivity contribution in [1.82, 2.24) is 9.80 Å². The molecule has 8 nitrogen and oxygen atoms in total. The second kappa shape index (κ2) is 11.7. The second-order valence-corrected chi connectivity index (χ2v) is 10.4. The van der Waals surface area contributed by atoms with Crippen LogP contribution in [-0.2, 0) is 6.18 Å². The number of halogens is 4. The molecule has 0 spiro atoms. The second-order valence-electron chi connectivity index (χ2n) is 9.96. The Labute approximate surface area is 224 Å². The van der Waals surface area contributed by atoms with Gasteiger partial charge in [-0.15, -0.1) is 0 Å². The van der Waals surface area contributed by atoms with Crippen LogP contribution in [-0.4, -0.2) is 66.6 Å². The Morgan fingerprint density at radius 2 is 1.71 bits per heavy atom. The van der Waals surface area contributed by atoms with Crippen molar-refractivity contribution in [1.29, 1.82) is 0 Å². The fraction of sp³-hybridized carbons (Fsp3) is 0.500. The Balaban J connectivity index is 1.24. The van der Waals surface area contributed by atoms with E-state index in [0.717, 1.165) is 43.8 Å². The van der Waals surface area contributed by atoms with Gasteiger partial charge in [-0.1, -0.05) is 11.6 Å². The van der Waals surface area contributed by atoms with Crippen LogP contribution in [0.2, 0.25) is 5.02 Å². The number of piperidine rings is 2. The van der Waals surface area contributed by atoms with Crippen LogP contribution in [0.25, 0.3) is 0 Å². The molecule has 38 heavy (non-hydrogen) atoms. The smallest absolute Gasteiger partial charge is 0.382 e. The summed E-state index contributed by atoms with van der Waals surface area (Å²) in [6, 6.07) is 10.6. The first-order valence-corrected chi connectivity index (χ1v) is 13.0. The zero-order valence-corrected chi connectivity index (χ0v) is 21.8. The molecule has 2 aliphatic heterocycles. The summed E-state index contributed by atoms with van der Waals surface area (Å²) in [4.78, 5) is 28.8. The largest absolute Gasteiger partial charge is 0.423 e. The van der Waals surface area contributed by atoms with E-state index in [1.165, 1.54) is 6.07 Å². The molecule has 4 rings (SSSR count). The number of likely N-dealkylation sites (tertiary alicyclic amines) is 1. The molecule has 0 aliphatic carbocycles. The maximum atomic E-state index is 13.3. The number of nitrogens with one attached hydrogen (secondary N) is 1. The standard InChI is InChI=1S/C26H31ClF3N5O3/c1-32(17-18-8-12-33(13-9-18)22-5-2-19(27)3-6-22)25(36)34-14-10-20(11-15-34)31-21-4-7-24(35(37)38)23(16-21)26(28,29)30/h2-7,16,18,20,31H,8-15,17H2,1H3. The van der Waals surface area contributed by atoms with Gasteiger partial charge >= 0.3 is 12.2 Å². The highest BCUT2D eigenvalue weighted by Crippen LogP contribution is 2.38. The number of hydrogen-bond donors (Lipinski definition) is 1. The van der Waals surface area contributed by atoms with Crippen molar-refractivity contribution in [3.63, 3.8) is 0 Å². The molecule has 1 N–H and O–H groups in total. The zero-order valence-electron chi connectivity index (χ0n) is 21.1. The molecular formula is C26H31ClF3N5O3. The van der Waals surface area contributed by atoms with Crippen LogP contribution in [0, 0.1) is 16.0 Å². The minimum Gasteiger partial charge on any atom is -0.382 e. The summed E-state index contributed by atoms with van der Waals surface area (Å²) < 4.78 is 39.8. The maximum Gasteiger partial charge on any atom is 0.423 e. The molecule has 2 saturated heterocycles. The summed E-state index contributed by atoms with van der Waals surface area (Å²) in [5.41, 5.74) is -0.922. The molecule has 0 bridgehead atoms. The van der Waals surface area contributed by atoms with E-state index in [1.54, 1.807) is 9.80 Å². The van der Waals surface area contributed by atoms with Gasteiger partial charge in [0.15, 0.2) is 0 Å². The molecule has 0 radical (unpaired) electrons. The Morgan fingerprint density at radius 1 is 1.08 bits per heavy atom. The molecule has 0 aromatic heterocycles. The minimum atomic E-state index is -4.83. The van der Waals surface area contributed by atoms with E-state index in [1.807, 2.05) is 31.3 Å². The van der Waals surface area contributed by atoms with Crippen molar-refractivity contribution in [3.8, 4) is 0 Å². The molecule has 2 amide bonds. The predicted molar refractivity (Wildman–Crippen MR) is 141 cm³/mol. The lowest BCUT2D eigenvalue weighted by molar-refractivity contribution is -0.388. The van der Waals surface area contributed by atoms with Crippen molar-refractivity contribution in [3.05, 3.63) is 63.2 Å². The average molecular weight is 554 g/mol. The van der Waals surface area contributed by atoms with Crippen LogP contribution < -0.4 is 10.2 Å². The van der Waals surface area contributed by atoms with Crippen LogP contribution in [0.5, 0.6) is 0 Å². The highest BCUT2D eigenvalue weighted by atomic mass is 35.5. The quantitative estimate of drug-likeness (QED) is 0.345. The third kappa shape index (κ3) is 6.80. The molecule has 0 atom stereocenters. The van der Waals surface area contributed by atoms with Crippen molar-refractivity contribution in [2.75, 3.05) is 50.0 Å².